The van der Waals surface area contributed by atoms with Gasteiger partial charge in [0.25, 0.3) is 0 Å². The van der Waals surface area contributed by atoms with Crippen molar-refractivity contribution in [3.05, 3.63) is 41.5 Å². The lowest BCUT2D eigenvalue weighted by atomic mass is 10.0. The zero-order chi connectivity index (χ0) is 22.6. The van der Waals surface area contributed by atoms with Gasteiger partial charge in [-0.15, -0.1) is 6.58 Å². The molecule has 9 heteroatoms. The number of hydrogen-bond donors (Lipinski definition) is 3. The first-order chi connectivity index (χ1) is 15.0. The van der Waals surface area contributed by atoms with Crippen LogP contribution < -0.4 is 15.4 Å². The standard InChI is InChI=1S/C22H30N2O5S2/c1-3-10-23-21(26)17-13-31-12-16-18(29-14-25)9-8-15(2)20(16)22(27)28-11-6-4-5-7-19(30)24-17/h3,8-9,17,25H,1,4-7,10-14H2,2H3,(H,23,26)(H,24,30)/t17-/m0/s1. The number of carbonyl (C=O) groups excluding carboxylic acids is 2. The first kappa shape index (κ1) is 25.2. The molecule has 1 atom stereocenters. The van der Waals surface area contributed by atoms with E-state index in [9.17, 15) is 14.7 Å². The van der Waals surface area contributed by atoms with E-state index in [1.165, 1.54) is 11.8 Å². The topological polar surface area (TPSA) is 96.9 Å². The number of hydrogen-bond acceptors (Lipinski definition) is 7. The molecule has 3 N–H and O–H groups in total. The molecule has 0 saturated heterocycles. The minimum Gasteiger partial charge on any atom is -0.467 e. The van der Waals surface area contributed by atoms with Gasteiger partial charge in [-0.1, -0.05) is 24.4 Å². The highest BCUT2D eigenvalue weighted by atomic mass is 32.2. The van der Waals surface area contributed by atoms with Crippen molar-refractivity contribution in [2.75, 3.05) is 25.7 Å². The number of thiocarbonyl (C=S) groups is 1. The SMILES string of the molecule is C=CCNC(=O)[C@@H]1CSCc2c(OCO)ccc(C)c2C(=O)OCCCCCC(=S)N1. The number of carbonyl (C=O) groups is 2. The Labute approximate surface area is 193 Å². The molecule has 7 nitrogen and oxygen atoms in total. The molecule has 1 amide bonds. The van der Waals surface area contributed by atoms with Crippen molar-refractivity contribution in [2.45, 2.75) is 44.4 Å². The van der Waals surface area contributed by atoms with Crippen molar-refractivity contribution in [1.29, 1.82) is 0 Å². The predicted molar refractivity (Wildman–Crippen MR) is 127 cm³/mol. The number of esters is 1. The van der Waals surface area contributed by atoms with Crippen LogP contribution in [0, 0.1) is 6.92 Å². The lowest BCUT2D eigenvalue weighted by Gasteiger charge is -2.20. The fraction of sp³-hybridized carbons (Fsp3) is 0.500. The highest BCUT2D eigenvalue weighted by Crippen LogP contribution is 2.30. The number of thioether (sulfide) groups is 1. The van der Waals surface area contributed by atoms with Crippen molar-refractivity contribution in [1.82, 2.24) is 10.6 Å². The van der Waals surface area contributed by atoms with Crippen LogP contribution in [0.15, 0.2) is 24.8 Å². The Morgan fingerprint density at radius 2 is 2.26 bits per heavy atom. The van der Waals surface area contributed by atoms with Gasteiger partial charge in [-0.25, -0.2) is 4.79 Å². The summed E-state index contributed by atoms with van der Waals surface area (Å²) in [4.78, 5) is 26.0. The van der Waals surface area contributed by atoms with Crippen molar-refractivity contribution < 1.29 is 24.2 Å². The fourth-order valence-electron chi connectivity index (χ4n) is 3.20. The molecule has 170 valence electrons. The summed E-state index contributed by atoms with van der Waals surface area (Å²) in [5.41, 5.74) is 1.87. The number of fused-ring (bicyclic) bond motifs is 1. The molecule has 0 aromatic heterocycles. The fourth-order valence-corrected chi connectivity index (χ4v) is 4.57. The molecule has 1 aliphatic rings. The van der Waals surface area contributed by atoms with E-state index in [0.29, 0.717) is 52.9 Å². The number of ether oxygens (including phenoxy) is 2. The lowest BCUT2D eigenvalue weighted by Crippen LogP contribution is -2.47. The van der Waals surface area contributed by atoms with Crippen LogP contribution in [0.5, 0.6) is 5.75 Å². The maximum atomic E-state index is 12.8. The largest absolute Gasteiger partial charge is 0.467 e. The highest BCUT2D eigenvalue weighted by molar-refractivity contribution is 7.98. The monoisotopic (exact) mass is 466 g/mol. The Morgan fingerprint density at radius 1 is 1.45 bits per heavy atom. The van der Waals surface area contributed by atoms with Gasteiger partial charge >= 0.3 is 5.97 Å². The smallest absolute Gasteiger partial charge is 0.338 e. The van der Waals surface area contributed by atoms with E-state index in [1.807, 2.05) is 6.92 Å². The molecular formula is C22H30N2O5S2. The van der Waals surface area contributed by atoms with Gasteiger partial charge in [0.15, 0.2) is 6.79 Å². The van der Waals surface area contributed by atoms with Crippen molar-refractivity contribution in [2.24, 2.45) is 0 Å². The second-order valence-electron chi connectivity index (χ2n) is 7.12. The van der Waals surface area contributed by atoms with Gasteiger partial charge in [0, 0.05) is 23.6 Å². The van der Waals surface area contributed by atoms with Gasteiger partial charge in [0.05, 0.1) is 17.2 Å². The first-order valence-corrected chi connectivity index (χ1v) is 11.8. The second kappa shape index (κ2) is 13.3. The summed E-state index contributed by atoms with van der Waals surface area (Å²) >= 11 is 6.90. The number of aryl methyl sites for hydroxylation is 1. The molecule has 0 bridgehead atoms. The number of cyclic esters (lactones) is 1. The van der Waals surface area contributed by atoms with Crippen LogP contribution >= 0.6 is 24.0 Å². The zero-order valence-electron chi connectivity index (χ0n) is 17.8. The van der Waals surface area contributed by atoms with Crippen LogP contribution in [0.1, 0.15) is 47.2 Å². The Hall–Kier alpha value is -2.10. The normalized spacial score (nSPS) is 18.5. The third-order valence-electron chi connectivity index (χ3n) is 4.79. The van der Waals surface area contributed by atoms with Crippen LogP contribution in [-0.2, 0) is 15.3 Å². The van der Waals surface area contributed by atoms with Crippen molar-refractivity contribution >= 4 is 40.8 Å². The number of nitrogens with one attached hydrogen (secondary N) is 2. The van der Waals surface area contributed by atoms with Crippen LogP contribution in [0.4, 0.5) is 0 Å². The minimum atomic E-state index is -0.509. The predicted octanol–water partition coefficient (Wildman–Crippen LogP) is 2.88. The summed E-state index contributed by atoms with van der Waals surface area (Å²) in [6, 6.07) is 2.99. The summed E-state index contributed by atoms with van der Waals surface area (Å²) in [6.45, 7) is 5.66. The van der Waals surface area contributed by atoms with E-state index in [0.717, 1.165) is 24.8 Å². The van der Waals surface area contributed by atoms with E-state index in [4.69, 9.17) is 21.7 Å². The Balaban J connectivity index is 2.30. The van der Waals surface area contributed by atoms with Crippen LogP contribution in [0.25, 0.3) is 0 Å². The van der Waals surface area contributed by atoms with E-state index in [2.05, 4.69) is 17.2 Å². The molecule has 1 aromatic carbocycles. The maximum Gasteiger partial charge on any atom is 0.338 e. The Bertz CT molecular complexity index is 800. The van der Waals surface area contributed by atoms with Crippen LogP contribution in [-0.4, -0.2) is 53.7 Å². The summed E-state index contributed by atoms with van der Waals surface area (Å²) < 4.78 is 10.8. The molecule has 1 aromatic rings. The molecule has 2 rings (SSSR count). The van der Waals surface area contributed by atoms with Gasteiger partial charge in [-0.3, -0.25) is 4.79 Å². The van der Waals surface area contributed by atoms with E-state index >= 15 is 0 Å². The molecule has 0 fully saturated rings. The van der Waals surface area contributed by atoms with E-state index in [1.54, 1.807) is 18.2 Å². The van der Waals surface area contributed by atoms with Crippen molar-refractivity contribution in [3.63, 3.8) is 0 Å². The molecule has 0 aliphatic carbocycles. The average Bonchev–Trinajstić information content (AvgIpc) is 2.75. The summed E-state index contributed by atoms with van der Waals surface area (Å²) in [5.74, 6) is 0.702. The molecule has 31 heavy (non-hydrogen) atoms. The van der Waals surface area contributed by atoms with Crippen molar-refractivity contribution in [3.8, 4) is 5.75 Å². The molecule has 0 unspecified atom stereocenters. The molecule has 0 saturated carbocycles. The van der Waals surface area contributed by atoms with Gasteiger partial charge in [0.1, 0.15) is 11.8 Å². The first-order valence-electron chi connectivity index (χ1n) is 10.3. The summed E-state index contributed by atoms with van der Waals surface area (Å²) in [7, 11) is 0. The molecule has 1 heterocycles. The molecule has 0 spiro atoms. The van der Waals surface area contributed by atoms with E-state index < -0.39 is 18.8 Å². The quantitative estimate of drug-likeness (QED) is 0.264. The van der Waals surface area contributed by atoms with Crippen LogP contribution in [0.3, 0.4) is 0 Å². The van der Waals surface area contributed by atoms with E-state index in [-0.39, 0.29) is 5.91 Å². The Kier molecular flexibility index (Phi) is 10.8. The number of aliphatic hydroxyl groups excluding tert-OH is 1. The average molecular weight is 467 g/mol. The maximum absolute atomic E-state index is 12.8. The summed E-state index contributed by atoms with van der Waals surface area (Å²) in [6.07, 6.45) is 4.73. The van der Waals surface area contributed by atoms with Gasteiger partial charge in [-0.2, -0.15) is 11.8 Å². The van der Waals surface area contributed by atoms with Gasteiger partial charge in [0.2, 0.25) is 5.91 Å². The number of rotatable bonds is 5. The third-order valence-corrected chi connectivity index (χ3v) is 6.17. The zero-order valence-corrected chi connectivity index (χ0v) is 19.4. The molecule has 0 radical (unpaired) electrons. The highest BCUT2D eigenvalue weighted by Gasteiger charge is 2.23. The number of benzene rings is 1. The number of aliphatic hydroxyl groups is 1. The third kappa shape index (κ3) is 7.83. The second-order valence-corrected chi connectivity index (χ2v) is 8.65. The van der Waals surface area contributed by atoms with Gasteiger partial charge < -0.3 is 25.2 Å². The lowest BCUT2D eigenvalue weighted by molar-refractivity contribution is -0.122. The number of amides is 1. The van der Waals surface area contributed by atoms with Crippen LogP contribution in [0.2, 0.25) is 0 Å². The minimum absolute atomic E-state index is 0.158. The molecular weight excluding hydrogens is 436 g/mol. The molecule has 1 aliphatic heterocycles. The Morgan fingerprint density at radius 3 is 3.00 bits per heavy atom. The summed E-state index contributed by atoms with van der Waals surface area (Å²) in [5, 5.41) is 15.2. The van der Waals surface area contributed by atoms with Gasteiger partial charge in [-0.05, 0) is 44.2 Å².